The molecule has 2 rings (SSSR count). The maximum Gasteiger partial charge on any atom is 0.355 e. The van der Waals surface area contributed by atoms with Gasteiger partial charge < -0.3 is 5.11 Å². The molecule has 0 fully saturated rings. The molecule has 3 heteroatoms. The van der Waals surface area contributed by atoms with Crippen molar-refractivity contribution in [1.82, 2.24) is 4.98 Å². The fourth-order valence-electron chi connectivity index (χ4n) is 1.53. The molecule has 0 saturated heterocycles. The lowest BCUT2D eigenvalue weighted by Gasteiger charge is -2.03. The van der Waals surface area contributed by atoms with Crippen LogP contribution in [0.2, 0.25) is 0 Å². The highest BCUT2D eigenvalue weighted by Gasteiger charge is 2.09. The molecule has 0 unspecified atom stereocenters. The second-order valence-corrected chi connectivity index (χ2v) is 3.13. The largest absolute Gasteiger partial charge is 0.476 e. The minimum atomic E-state index is -0.985. The average molecular weight is 217 g/mol. The Morgan fingerprint density at radius 2 is 1.88 bits per heavy atom. The number of carbonyl (C=O) groups is 1. The predicted molar refractivity (Wildman–Crippen MR) is 64.8 cm³/mol. The molecule has 0 saturated carbocycles. The van der Waals surface area contributed by atoms with Gasteiger partial charge in [0.25, 0.3) is 0 Å². The van der Waals surface area contributed by atoms with Gasteiger partial charge in [0.05, 0.1) is 0 Å². The maximum absolute atomic E-state index is 10.9. The van der Waals surface area contributed by atoms with Gasteiger partial charge >= 0.3 is 5.97 Å². The van der Waals surface area contributed by atoms with Gasteiger partial charge in [-0.15, -0.1) is 0 Å². The van der Waals surface area contributed by atoms with Crippen molar-refractivity contribution in [3.63, 3.8) is 0 Å². The quantitative estimate of drug-likeness (QED) is 0.797. The number of carboxylic acid groups (broad SMARTS) is 1. The van der Waals surface area contributed by atoms with Crippen molar-refractivity contribution < 1.29 is 9.90 Å². The molecule has 0 aliphatic rings. The number of fused-ring (bicyclic) bond motifs is 1. The number of aromatic nitrogens is 1. The fraction of sp³-hybridized carbons (Fsp3) is 0.231. The number of nitrogens with zero attached hydrogens (tertiary/aromatic N) is 1. The fourth-order valence-corrected chi connectivity index (χ4v) is 1.53. The molecule has 0 spiro atoms. The molecule has 0 aliphatic heterocycles. The second kappa shape index (κ2) is 5.26. The van der Waals surface area contributed by atoms with Crippen LogP contribution in [0.4, 0.5) is 0 Å². The smallest absolute Gasteiger partial charge is 0.355 e. The van der Waals surface area contributed by atoms with E-state index in [1.165, 1.54) is 6.20 Å². The number of benzene rings is 1. The highest BCUT2D eigenvalue weighted by molar-refractivity contribution is 6.02. The predicted octanol–water partition coefficient (Wildman–Crippen LogP) is 3.27. The highest BCUT2D eigenvalue weighted by Crippen LogP contribution is 2.19. The molecule has 0 amide bonds. The van der Waals surface area contributed by atoms with Gasteiger partial charge in [-0.2, -0.15) is 0 Å². The second-order valence-electron chi connectivity index (χ2n) is 3.13. The Morgan fingerprint density at radius 3 is 2.50 bits per heavy atom. The lowest BCUT2D eigenvalue weighted by atomic mass is 10.1. The zero-order valence-electron chi connectivity index (χ0n) is 9.69. The first-order chi connectivity index (χ1) is 7.70. The third-order valence-electron chi connectivity index (χ3n) is 2.23. The Kier molecular flexibility index (Phi) is 4.00. The monoisotopic (exact) mass is 217 g/mol. The average Bonchev–Trinajstić information content (AvgIpc) is 2.31. The van der Waals surface area contributed by atoms with Gasteiger partial charge in [0, 0.05) is 11.6 Å². The standard InChI is InChI=1S/C11H9NO2.C2H6/c1-7-3-2-4-9-8(7)5-6-12-10(9)11(13)14;1-2/h2-6H,1H3,(H,13,14);1-2H3. The summed E-state index contributed by atoms with van der Waals surface area (Å²) in [7, 11) is 0. The summed E-state index contributed by atoms with van der Waals surface area (Å²) >= 11 is 0. The maximum atomic E-state index is 10.9. The summed E-state index contributed by atoms with van der Waals surface area (Å²) in [5.74, 6) is -0.985. The zero-order chi connectivity index (χ0) is 12.1. The van der Waals surface area contributed by atoms with E-state index in [0.717, 1.165) is 10.9 Å². The Balaban J connectivity index is 0.000000606. The molecule has 1 aromatic heterocycles. The Hall–Kier alpha value is -1.90. The van der Waals surface area contributed by atoms with E-state index < -0.39 is 5.97 Å². The van der Waals surface area contributed by atoms with E-state index in [-0.39, 0.29) is 5.69 Å². The summed E-state index contributed by atoms with van der Waals surface area (Å²) in [5.41, 5.74) is 1.18. The molecule has 0 atom stereocenters. The molecule has 0 aliphatic carbocycles. The van der Waals surface area contributed by atoms with Gasteiger partial charge in [-0.3, -0.25) is 0 Å². The van der Waals surface area contributed by atoms with Crippen LogP contribution in [-0.2, 0) is 0 Å². The zero-order valence-corrected chi connectivity index (χ0v) is 9.69. The van der Waals surface area contributed by atoms with Crippen LogP contribution in [0.5, 0.6) is 0 Å². The number of pyridine rings is 1. The normalized spacial score (nSPS) is 9.44. The summed E-state index contributed by atoms with van der Waals surface area (Å²) in [6, 6.07) is 7.40. The SMILES string of the molecule is CC.Cc1cccc2c(C(=O)O)nccc12. The summed E-state index contributed by atoms with van der Waals surface area (Å²) < 4.78 is 0. The van der Waals surface area contributed by atoms with Crippen LogP contribution >= 0.6 is 0 Å². The number of hydrogen-bond donors (Lipinski definition) is 1. The summed E-state index contributed by atoms with van der Waals surface area (Å²) in [6.45, 7) is 5.95. The molecule has 1 aromatic carbocycles. The first-order valence-corrected chi connectivity index (χ1v) is 5.28. The van der Waals surface area contributed by atoms with E-state index in [0.29, 0.717) is 5.39 Å². The molecule has 16 heavy (non-hydrogen) atoms. The van der Waals surface area contributed by atoms with Gasteiger partial charge in [0.15, 0.2) is 5.69 Å². The van der Waals surface area contributed by atoms with Crippen molar-refractivity contribution in [2.24, 2.45) is 0 Å². The van der Waals surface area contributed by atoms with Crippen LogP contribution in [-0.4, -0.2) is 16.1 Å². The summed E-state index contributed by atoms with van der Waals surface area (Å²) in [6.07, 6.45) is 1.53. The highest BCUT2D eigenvalue weighted by atomic mass is 16.4. The van der Waals surface area contributed by atoms with Gasteiger partial charge in [0.2, 0.25) is 0 Å². The van der Waals surface area contributed by atoms with Gasteiger partial charge in [-0.1, -0.05) is 32.0 Å². The van der Waals surface area contributed by atoms with E-state index in [9.17, 15) is 4.79 Å². The van der Waals surface area contributed by atoms with Crippen molar-refractivity contribution >= 4 is 16.7 Å². The molecule has 0 radical (unpaired) electrons. The Labute approximate surface area is 94.8 Å². The molecule has 0 bridgehead atoms. The number of aryl methyl sites for hydroxylation is 1. The molecule has 2 aromatic rings. The van der Waals surface area contributed by atoms with Gasteiger partial charge in [-0.25, -0.2) is 9.78 Å². The Morgan fingerprint density at radius 1 is 1.19 bits per heavy atom. The molecular weight excluding hydrogens is 202 g/mol. The van der Waals surface area contributed by atoms with E-state index in [1.807, 2.05) is 39.0 Å². The molecule has 3 nitrogen and oxygen atoms in total. The van der Waals surface area contributed by atoms with E-state index >= 15 is 0 Å². The van der Waals surface area contributed by atoms with Crippen LogP contribution in [0.15, 0.2) is 30.5 Å². The topological polar surface area (TPSA) is 50.2 Å². The van der Waals surface area contributed by atoms with Gasteiger partial charge in [0.1, 0.15) is 0 Å². The van der Waals surface area contributed by atoms with Gasteiger partial charge in [-0.05, 0) is 23.9 Å². The first-order valence-electron chi connectivity index (χ1n) is 5.28. The van der Waals surface area contributed by atoms with Crippen molar-refractivity contribution in [3.8, 4) is 0 Å². The van der Waals surface area contributed by atoms with Crippen molar-refractivity contribution in [2.75, 3.05) is 0 Å². The van der Waals surface area contributed by atoms with Crippen LogP contribution in [0, 0.1) is 6.92 Å². The van der Waals surface area contributed by atoms with Crippen molar-refractivity contribution in [1.29, 1.82) is 0 Å². The summed E-state index contributed by atoms with van der Waals surface area (Å²) in [4.78, 5) is 14.7. The van der Waals surface area contributed by atoms with E-state index in [1.54, 1.807) is 6.07 Å². The number of aromatic carboxylic acids is 1. The molecule has 1 N–H and O–H groups in total. The molecular formula is C13H15NO2. The Bertz CT molecular complexity index is 506. The van der Waals surface area contributed by atoms with Crippen molar-refractivity contribution in [2.45, 2.75) is 20.8 Å². The third-order valence-corrected chi connectivity index (χ3v) is 2.23. The number of rotatable bonds is 1. The summed E-state index contributed by atoms with van der Waals surface area (Å²) in [5, 5.41) is 10.6. The molecule has 84 valence electrons. The van der Waals surface area contributed by atoms with Crippen LogP contribution in [0.3, 0.4) is 0 Å². The van der Waals surface area contributed by atoms with Crippen LogP contribution < -0.4 is 0 Å². The minimum absolute atomic E-state index is 0.117. The molecule has 1 heterocycles. The number of carboxylic acids is 1. The van der Waals surface area contributed by atoms with E-state index in [4.69, 9.17) is 5.11 Å². The third kappa shape index (κ3) is 2.19. The minimum Gasteiger partial charge on any atom is -0.476 e. The van der Waals surface area contributed by atoms with Crippen molar-refractivity contribution in [3.05, 3.63) is 41.7 Å². The van der Waals surface area contributed by atoms with E-state index in [2.05, 4.69) is 4.98 Å². The first kappa shape index (κ1) is 12.2. The van der Waals surface area contributed by atoms with Crippen LogP contribution in [0.25, 0.3) is 10.8 Å². The lowest BCUT2D eigenvalue weighted by Crippen LogP contribution is -2.00. The van der Waals surface area contributed by atoms with Crippen LogP contribution in [0.1, 0.15) is 29.9 Å². The lowest BCUT2D eigenvalue weighted by molar-refractivity contribution is 0.0693. The number of hydrogen-bond acceptors (Lipinski definition) is 2.